The van der Waals surface area contributed by atoms with E-state index in [1.165, 1.54) is 23.5 Å². The van der Waals surface area contributed by atoms with E-state index in [-0.39, 0.29) is 16.1 Å². The van der Waals surface area contributed by atoms with Gasteiger partial charge in [0.15, 0.2) is 15.7 Å². The van der Waals surface area contributed by atoms with Crippen LogP contribution in [0.1, 0.15) is 29.5 Å². The minimum Gasteiger partial charge on any atom is -0.299 e. The van der Waals surface area contributed by atoms with Crippen LogP contribution in [-0.2, 0) is 21.8 Å². The molecule has 1 aromatic heterocycles. The molecule has 1 fully saturated rings. The van der Waals surface area contributed by atoms with Crippen molar-refractivity contribution in [1.29, 1.82) is 0 Å². The summed E-state index contributed by atoms with van der Waals surface area (Å²) in [5, 5.41) is 0. The van der Waals surface area contributed by atoms with Crippen molar-refractivity contribution < 1.29 is 12.8 Å². The van der Waals surface area contributed by atoms with Crippen molar-refractivity contribution in [2.75, 3.05) is 19.3 Å². The number of hydrogen-bond acceptors (Lipinski definition) is 5. The first-order chi connectivity index (χ1) is 14.3. The van der Waals surface area contributed by atoms with E-state index in [4.69, 9.17) is 0 Å². The summed E-state index contributed by atoms with van der Waals surface area (Å²) >= 11 is 0. The number of piperidine rings is 1. The molecule has 0 amide bonds. The van der Waals surface area contributed by atoms with E-state index in [9.17, 15) is 12.8 Å². The molecule has 30 heavy (non-hydrogen) atoms. The largest absolute Gasteiger partial charge is 0.299 e. The molecule has 0 spiro atoms. The van der Waals surface area contributed by atoms with Gasteiger partial charge in [0.25, 0.3) is 0 Å². The number of sulfone groups is 1. The fraction of sp³-hybridized carbons (Fsp3) is 0.304. The monoisotopic (exact) mass is 423 g/mol. The van der Waals surface area contributed by atoms with Crippen molar-refractivity contribution in [3.63, 3.8) is 0 Å². The van der Waals surface area contributed by atoms with Crippen LogP contribution in [0.2, 0.25) is 0 Å². The molecule has 0 radical (unpaired) electrons. The molecule has 2 bridgehead atoms. The van der Waals surface area contributed by atoms with Crippen LogP contribution in [0.15, 0.2) is 59.8 Å². The fourth-order valence-corrected chi connectivity index (χ4v) is 5.29. The topological polar surface area (TPSA) is 63.2 Å². The minimum atomic E-state index is -3.33. The van der Waals surface area contributed by atoms with E-state index in [0.29, 0.717) is 5.82 Å². The number of fused-ring (bicyclic) bond motifs is 2. The molecular formula is C23H22FN3O2S. The second kappa shape index (κ2) is 6.96. The highest BCUT2D eigenvalue weighted by Crippen LogP contribution is 2.46. The molecule has 5 nitrogen and oxygen atoms in total. The lowest BCUT2D eigenvalue weighted by molar-refractivity contribution is 0.190. The predicted octanol–water partition coefficient (Wildman–Crippen LogP) is 3.58. The van der Waals surface area contributed by atoms with Gasteiger partial charge in [-0.25, -0.2) is 22.8 Å². The molecule has 3 aromatic rings. The summed E-state index contributed by atoms with van der Waals surface area (Å²) in [6.45, 7) is 2.86. The minimum absolute atomic E-state index is 0.112. The highest BCUT2D eigenvalue weighted by atomic mass is 32.2. The van der Waals surface area contributed by atoms with Crippen LogP contribution < -0.4 is 0 Å². The molecule has 4 heterocycles. The molecule has 154 valence electrons. The van der Waals surface area contributed by atoms with Gasteiger partial charge in [-0.2, -0.15) is 0 Å². The Morgan fingerprint density at radius 2 is 1.67 bits per heavy atom. The van der Waals surface area contributed by atoms with Crippen LogP contribution in [-0.4, -0.2) is 42.6 Å². The summed E-state index contributed by atoms with van der Waals surface area (Å²) < 4.78 is 36.9. The Balaban J connectivity index is 1.59. The highest BCUT2D eigenvalue weighted by Gasteiger charge is 2.42. The number of benzene rings is 2. The van der Waals surface area contributed by atoms with Crippen LogP contribution in [0.5, 0.6) is 0 Å². The smallest absolute Gasteiger partial charge is 0.178 e. The molecule has 0 unspecified atom stereocenters. The van der Waals surface area contributed by atoms with Gasteiger partial charge in [-0.05, 0) is 60.8 Å². The van der Waals surface area contributed by atoms with E-state index in [1.807, 2.05) is 18.2 Å². The molecule has 0 N–H and O–H groups in total. The Morgan fingerprint density at radius 3 is 2.30 bits per heavy atom. The van der Waals surface area contributed by atoms with Crippen molar-refractivity contribution in [3.05, 3.63) is 77.4 Å². The molecule has 0 saturated carbocycles. The van der Waals surface area contributed by atoms with Crippen molar-refractivity contribution in [2.45, 2.75) is 29.7 Å². The number of hydrogen-bond donors (Lipinski definition) is 0. The van der Waals surface area contributed by atoms with Crippen LogP contribution in [0.3, 0.4) is 0 Å². The van der Waals surface area contributed by atoms with E-state index in [1.54, 1.807) is 12.1 Å². The Kier molecular flexibility index (Phi) is 4.48. The van der Waals surface area contributed by atoms with E-state index in [0.717, 1.165) is 49.9 Å². The van der Waals surface area contributed by atoms with Crippen molar-refractivity contribution in [1.82, 2.24) is 14.9 Å². The van der Waals surface area contributed by atoms with Gasteiger partial charge in [-0.15, -0.1) is 0 Å². The number of halogens is 1. The van der Waals surface area contributed by atoms with Gasteiger partial charge >= 0.3 is 0 Å². The Morgan fingerprint density at radius 1 is 1.00 bits per heavy atom. The van der Waals surface area contributed by atoms with Crippen molar-refractivity contribution in [2.24, 2.45) is 0 Å². The summed E-state index contributed by atoms with van der Waals surface area (Å²) in [7, 11) is -3.33. The van der Waals surface area contributed by atoms with Gasteiger partial charge in [0.1, 0.15) is 10.7 Å². The van der Waals surface area contributed by atoms with Crippen LogP contribution in [0, 0.1) is 5.82 Å². The first-order valence-corrected chi connectivity index (χ1v) is 11.9. The Bertz CT molecular complexity index is 1200. The Labute approximate surface area is 175 Å². The second-order valence-electron chi connectivity index (χ2n) is 8.25. The highest BCUT2D eigenvalue weighted by molar-refractivity contribution is 7.90. The summed E-state index contributed by atoms with van der Waals surface area (Å²) in [5.74, 6) is 0.291. The van der Waals surface area contributed by atoms with E-state index in [2.05, 4.69) is 27.0 Å². The molecular weight excluding hydrogens is 401 g/mol. The molecule has 0 aliphatic carbocycles. The predicted molar refractivity (Wildman–Crippen MR) is 112 cm³/mol. The van der Waals surface area contributed by atoms with Gasteiger partial charge in [0, 0.05) is 36.2 Å². The lowest BCUT2D eigenvalue weighted by Gasteiger charge is -2.39. The number of nitrogens with zero attached hydrogens (tertiary/aromatic N) is 3. The number of aromatic nitrogens is 2. The van der Waals surface area contributed by atoms with E-state index < -0.39 is 9.84 Å². The maximum Gasteiger partial charge on any atom is 0.178 e. The molecule has 7 heteroatoms. The summed E-state index contributed by atoms with van der Waals surface area (Å²) in [5.41, 5.74) is 4.42. The SMILES string of the molecule is CS(=O)(=O)c1cnc(-c2ccc3c(c2)CN2CCC3(c3ccc(F)cc3)CC2)nc1. The zero-order valence-electron chi connectivity index (χ0n) is 16.7. The lowest BCUT2D eigenvalue weighted by atomic mass is 9.68. The fourth-order valence-electron chi connectivity index (χ4n) is 4.80. The van der Waals surface area contributed by atoms with E-state index >= 15 is 0 Å². The second-order valence-corrected chi connectivity index (χ2v) is 10.3. The summed E-state index contributed by atoms with van der Waals surface area (Å²) in [6, 6.07) is 13.2. The molecule has 6 rings (SSSR count). The summed E-state index contributed by atoms with van der Waals surface area (Å²) in [6.07, 6.45) is 5.87. The average molecular weight is 424 g/mol. The van der Waals surface area contributed by atoms with Gasteiger partial charge in [0.2, 0.25) is 0 Å². The molecule has 2 aromatic carbocycles. The van der Waals surface area contributed by atoms with Gasteiger partial charge in [0.05, 0.1) is 0 Å². The number of rotatable bonds is 3. The molecule has 1 saturated heterocycles. The first-order valence-electron chi connectivity index (χ1n) is 9.99. The average Bonchev–Trinajstić information content (AvgIpc) is 3.00. The third kappa shape index (κ3) is 3.22. The zero-order valence-corrected chi connectivity index (χ0v) is 17.5. The third-order valence-corrected chi connectivity index (χ3v) is 7.50. The lowest BCUT2D eigenvalue weighted by Crippen LogP contribution is -2.39. The maximum absolute atomic E-state index is 13.6. The molecule has 0 atom stereocenters. The third-order valence-electron chi connectivity index (χ3n) is 6.44. The van der Waals surface area contributed by atoms with Gasteiger partial charge in [-0.1, -0.05) is 24.3 Å². The van der Waals surface area contributed by atoms with Crippen molar-refractivity contribution >= 4 is 9.84 Å². The van der Waals surface area contributed by atoms with Crippen molar-refractivity contribution in [3.8, 4) is 11.4 Å². The Hall–Kier alpha value is -2.64. The van der Waals surface area contributed by atoms with Gasteiger partial charge < -0.3 is 0 Å². The normalized spacial score (nSPS) is 23.1. The maximum atomic E-state index is 13.6. The molecule has 3 aliphatic heterocycles. The van der Waals surface area contributed by atoms with Crippen LogP contribution in [0.4, 0.5) is 4.39 Å². The van der Waals surface area contributed by atoms with Crippen LogP contribution >= 0.6 is 0 Å². The standard InChI is InChI=1S/C23H22FN3O2S/c1-30(28,29)20-13-25-22(26-14-20)16-2-7-21-17(12-16)15-27-10-8-23(21,9-11-27)18-3-5-19(24)6-4-18/h2-7,12-14H,8-11,15H2,1H3. The zero-order chi connectivity index (χ0) is 20.9. The quantitative estimate of drug-likeness (QED) is 0.644. The summed E-state index contributed by atoms with van der Waals surface area (Å²) in [4.78, 5) is 11.1. The molecule has 3 aliphatic rings. The van der Waals surface area contributed by atoms with Crippen LogP contribution in [0.25, 0.3) is 11.4 Å². The first kappa shape index (κ1) is 19.3. The van der Waals surface area contributed by atoms with Gasteiger partial charge in [-0.3, -0.25) is 4.90 Å².